The molecule has 2 aromatic carbocycles. The van der Waals surface area contributed by atoms with Gasteiger partial charge in [-0.3, -0.25) is 14.8 Å². The summed E-state index contributed by atoms with van der Waals surface area (Å²) < 4.78 is 39.9. The zero-order chi connectivity index (χ0) is 25.3. The van der Waals surface area contributed by atoms with Gasteiger partial charge in [-0.1, -0.05) is 24.3 Å². The third kappa shape index (κ3) is 4.54. The number of pyridine rings is 2. The third-order valence-electron chi connectivity index (χ3n) is 5.47. The van der Waals surface area contributed by atoms with Crippen molar-refractivity contribution in [3.05, 3.63) is 102 Å². The number of benzene rings is 2. The standard InChI is InChI=1S/C27H15F3N4OS/c28-27(29,30)20-7-1-5-17(10-20)26(35)34-21-8-2-4-16(11-21)24-19(13-31)15-33-22-12-23(36-25(22)24)18-6-3-9-32-14-18/h1-12,14-15H,(H,34,35). The molecule has 0 saturated carbocycles. The molecule has 0 spiro atoms. The summed E-state index contributed by atoms with van der Waals surface area (Å²) in [5.41, 5.74) is 2.70. The lowest BCUT2D eigenvalue weighted by Gasteiger charge is -2.11. The molecule has 1 N–H and O–H groups in total. The summed E-state index contributed by atoms with van der Waals surface area (Å²) in [6.07, 6.45) is 0.393. The van der Waals surface area contributed by atoms with Crippen molar-refractivity contribution >= 4 is 33.1 Å². The molecule has 0 bridgehead atoms. The average molecular weight is 501 g/mol. The van der Waals surface area contributed by atoms with Crippen LogP contribution < -0.4 is 5.32 Å². The van der Waals surface area contributed by atoms with E-state index in [9.17, 15) is 23.2 Å². The van der Waals surface area contributed by atoms with Crippen LogP contribution in [0.5, 0.6) is 0 Å². The van der Waals surface area contributed by atoms with E-state index in [2.05, 4.69) is 21.4 Å². The summed E-state index contributed by atoms with van der Waals surface area (Å²) in [5.74, 6) is -0.673. The quantitative estimate of drug-likeness (QED) is 0.284. The van der Waals surface area contributed by atoms with Crippen LogP contribution >= 0.6 is 11.3 Å². The van der Waals surface area contributed by atoms with Gasteiger partial charge >= 0.3 is 6.18 Å². The summed E-state index contributed by atoms with van der Waals surface area (Å²) in [7, 11) is 0. The number of hydrogen-bond donors (Lipinski definition) is 1. The molecule has 5 nitrogen and oxygen atoms in total. The zero-order valence-electron chi connectivity index (χ0n) is 18.4. The van der Waals surface area contributed by atoms with Crippen molar-refractivity contribution in [1.82, 2.24) is 9.97 Å². The smallest absolute Gasteiger partial charge is 0.322 e. The van der Waals surface area contributed by atoms with Crippen LogP contribution in [-0.2, 0) is 6.18 Å². The Morgan fingerprint density at radius 1 is 0.972 bits per heavy atom. The summed E-state index contributed by atoms with van der Waals surface area (Å²) in [5, 5.41) is 12.4. The maximum absolute atomic E-state index is 13.0. The number of nitriles is 1. The highest BCUT2D eigenvalue weighted by Gasteiger charge is 2.31. The normalized spacial score (nSPS) is 11.3. The number of fused-ring (bicyclic) bond motifs is 1. The molecule has 0 fully saturated rings. The fourth-order valence-electron chi connectivity index (χ4n) is 3.79. The van der Waals surface area contributed by atoms with Crippen molar-refractivity contribution in [2.24, 2.45) is 0 Å². The van der Waals surface area contributed by atoms with E-state index in [0.29, 0.717) is 27.9 Å². The van der Waals surface area contributed by atoms with Crippen LogP contribution in [0.2, 0.25) is 0 Å². The van der Waals surface area contributed by atoms with Gasteiger partial charge in [0.1, 0.15) is 6.07 Å². The second-order valence-electron chi connectivity index (χ2n) is 7.84. The molecule has 3 heterocycles. The molecular weight excluding hydrogens is 485 g/mol. The molecule has 0 saturated heterocycles. The predicted molar refractivity (Wildman–Crippen MR) is 132 cm³/mol. The minimum absolute atomic E-state index is 0.112. The van der Waals surface area contributed by atoms with E-state index in [-0.39, 0.29) is 5.56 Å². The number of alkyl halides is 3. The molecule has 0 unspecified atom stereocenters. The van der Waals surface area contributed by atoms with Gasteiger partial charge in [-0.2, -0.15) is 18.4 Å². The Bertz CT molecular complexity index is 1640. The number of nitrogens with one attached hydrogen (secondary N) is 1. The van der Waals surface area contributed by atoms with Gasteiger partial charge in [0.15, 0.2) is 0 Å². The highest BCUT2D eigenvalue weighted by molar-refractivity contribution is 7.22. The first kappa shape index (κ1) is 23.2. The van der Waals surface area contributed by atoms with Gasteiger partial charge in [0, 0.05) is 45.8 Å². The highest BCUT2D eigenvalue weighted by atomic mass is 32.1. The third-order valence-corrected chi connectivity index (χ3v) is 6.66. The monoisotopic (exact) mass is 500 g/mol. The van der Waals surface area contributed by atoms with Crippen molar-refractivity contribution in [2.75, 3.05) is 5.32 Å². The van der Waals surface area contributed by atoms with Crippen molar-refractivity contribution in [1.29, 1.82) is 5.26 Å². The molecule has 0 aliphatic carbocycles. The second-order valence-corrected chi connectivity index (χ2v) is 8.89. The summed E-state index contributed by atoms with van der Waals surface area (Å²) >= 11 is 1.47. The van der Waals surface area contributed by atoms with Crippen LogP contribution in [-0.4, -0.2) is 15.9 Å². The number of thiophene rings is 1. The number of nitrogens with zero attached hydrogens (tertiary/aromatic N) is 3. The fourth-order valence-corrected chi connectivity index (χ4v) is 4.97. The topological polar surface area (TPSA) is 78.7 Å². The Morgan fingerprint density at radius 2 is 1.78 bits per heavy atom. The summed E-state index contributed by atoms with van der Waals surface area (Å²) in [6, 6.07) is 19.0. The number of hydrogen-bond acceptors (Lipinski definition) is 5. The average Bonchev–Trinajstić information content (AvgIpc) is 3.33. The molecule has 0 aliphatic rings. The van der Waals surface area contributed by atoms with E-state index in [1.54, 1.807) is 36.7 Å². The molecule has 5 aromatic rings. The summed E-state index contributed by atoms with van der Waals surface area (Å²) in [4.78, 5) is 22.2. The van der Waals surface area contributed by atoms with Gasteiger partial charge in [0.25, 0.3) is 5.91 Å². The van der Waals surface area contributed by atoms with Crippen molar-refractivity contribution < 1.29 is 18.0 Å². The van der Waals surface area contributed by atoms with Crippen LogP contribution in [0.25, 0.3) is 31.8 Å². The van der Waals surface area contributed by atoms with Gasteiger partial charge in [-0.25, -0.2) is 0 Å². The molecule has 3 aromatic heterocycles. The van der Waals surface area contributed by atoms with Crippen LogP contribution in [0.15, 0.2) is 85.3 Å². The predicted octanol–water partition coefficient (Wildman–Crippen LogP) is 7.17. The lowest BCUT2D eigenvalue weighted by Crippen LogP contribution is -2.14. The summed E-state index contributed by atoms with van der Waals surface area (Å²) in [6.45, 7) is 0. The number of aromatic nitrogens is 2. The maximum atomic E-state index is 13.0. The van der Waals surface area contributed by atoms with Gasteiger partial charge in [0.05, 0.1) is 21.3 Å². The lowest BCUT2D eigenvalue weighted by atomic mass is 10.0. The Labute approximate surface area is 207 Å². The first-order chi connectivity index (χ1) is 17.3. The van der Waals surface area contributed by atoms with Gasteiger partial charge in [0.2, 0.25) is 0 Å². The Hall–Kier alpha value is -4.55. The number of halogens is 3. The van der Waals surface area contributed by atoms with E-state index < -0.39 is 17.6 Å². The van der Waals surface area contributed by atoms with Gasteiger partial charge in [-0.05, 0) is 48.0 Å². The van der Waals surface area contributed by atoms with E-state index in [1.807, 2.05) is 18.2 Å². The number of carbonyl (C=O) groups is 1. The van der Waals surface area contributed by atoms with Crippen LogP contribution in [0.1, 0.15) is 21.5 Å². The van der Waals surface area contributed by atoms with Crippen molar-refractivity contribution in [2.45, 2.75) is 6.18 Å². The SMILES string of the molecule is N#Cc1cnc2cc(-c3cccnc3)sc2c1-c1cccc(NC(=O)c2cccc(C(F)(F)F)c2)c1. The van der Waals surface area contributed by atoms with Crippen molar-refractivity contribution in [3.8, 4) is 27.6 Å². The molecule has 1 amide bonds. The maximum Gasteiger partial charge on any atom is 0.416 e. The largest absolute Gasteiger partial charge is 0.416 e. The minimum Gasteiger partial charge on any atom is -0.322 e. The second kappa shape index (κ2) is 9.24. The molecule has 36 heavy (non-hydrogen) atoms. The van der Waals surface area contributed by atoms with E-state index >= 15 is 0 Å². The number of amides is 1. The van der Waals surface area contributed by atoms with Gasteiger partial charge in [-0.15, -0.1) is 11.3 Å². The first-order valence-corrected chi connectivity index (χ1v) is 11.5. The molecule has 5 rings (SSSR count). The van der Waals surface area contributed by atoms with Gasteiger partial charge < -0.3 is 5.32 Å². The zero-order valence-corrected chi connectivity index (χ0v) is 19.2. The van der Waals surface area contributed by atoms with E-state index in [1.165, 1.54) is 29.7 Å². The van der Waals surface area contributed by atoms with Crippen LogP contribution in [0.3, 0.4) is 0 Å². The number of anilines is 1. The minimum atomic E-state index is -4.55. The molecule has 0 radical (unpaired) electrons. The molecule has 176 valence electrons. The highest BCUT2D eigenvalue weighted by Crippen LogP contribution is 2.40. The number of rotatable bonds is 4. The first-order valence-electron chi connectivity index (χ1n) is 10.7. The van der Waals surface area contributed by atoms with Crippen molar-refractivity contribution in [3.63, 3.8) is 0 Å². The number of carbonyl (C=O) groups excluding carboxylic acids is 1. The Balaban J connectivity index is 1.52. The molecular formula is C27H15F3N4OS. The molecule has 0 aliphatic heterocycles. The fraction of sp³-hybridized carbons (Fsp3) is 0.0370. The Kier molecular flexibility index (Phi) is 5.96. The van der Waals surface area contributed by atoms with Crippen LogP contribution in [0, 0.1) is 11.3 Å². The molecule has 9 heteroatoms. The van der Waals surface area contributed by atoms with Crippen LogP contribution in [0.4, 0.5) is 18.9 Å². The molecule has 0 atom stereocenters. The van der Waals surface area contributed by atoms with E-state index in [4.69, 9.17) is 0 Å². The lowest BCUT2D eigenvalue weighted by molar-refractivity contribution is -0.137. The van der Waals surface area contributed by atoms with E-state index in [0.717, 1.165) is 27.3 Å². The Morgan fingerprint density at radius 3 is 2.53 bits per heavy atom.